The number of methoxy groups -OCH3 is 1. The number of nitrogens with zero attached hydrogens (tertiary/aromatic N) is 3. The lowest BCUT2D eigenvalue weighted by Gasteiger charge is -2.29. The van der Waals surface area contributed by atoms with Crippen molar-refractivity contribution in [1.82, 2.24) is 9.13 Å². The lowest BCUT2D eigenvalue weighted by Crippen LogP contribution is -2.45. The number of esters is 1. The minimum atomic E-state index is -4.60. The third-order valence-electron chi connectivity index (χ3n) is 6.60. The highest BCUT2D eigenvalue weighted by Crippen LogP contribution is 2.40. The van der Waals surface area contributed by atoms with Crippen molar-refractivity contribution in [2.45, 2.75) is 36.4 Å². The predicted molar refractivity (Wildman–Crippen MR) is 136 cm³/mol. The molecule has 1 aliphatic rings. The number of ether oxygens (including phenoxy) is 1. The van der Waals surface area contributed by atoms with Crippen LogP contribution >= 0.6 is 11.8 Å². The van der Waals surface area contributed by atoms with Crippen LogP contribution in [0.3, 0.4) is 0 Å². The van der Waals surface area contributed by atoms with Gasteiger partial charge < -0.3 is 9.64 Å². The molecule has 0 bridgehead atoms. The lowest BCUT2D eigenvalue weighted by molar-refractivity contribution is -0.138. The monoisotopic (exact) mass is 547 g/mol. The number of halogens is 3. The van der Waals surface area contributed by atoms with Gasteiger partial charge in [-0.2, -0.15) is 13.2 Å². The molecular formula is C26H24F3N3O5S. The SMILES string of the molecule is COC(=O)c1cn(-c2ccc(N(C)C=O)c(SC)c2)c(=O)n(C2CCCc3c2cccc3C(F)(F)F)c1=O. The van der Waals surface area contributed by atoms with Crippen LogP contribution in [0.15, 0.2) is 57.1 Å². The number of benzene rings is 2. The predicted octanol–water partition coefficient (Wildman–Crippen LogP) is 4.04. The molecule has 38 heavy (non-hydrogen) atoms. The molecule has 3 aromatic rings. The number of alkyl halides is 3. The second-order valence-electron chi connectivity index (χ2n) is 8.71. The summed E-state index contributed by atoms with van der Waals surface area (Å²) in [5.41, 5.74) is -1.90. The Kier molecular flexibility index (Phi) is 7.54. The van der Waals surface area contributed by atoms with Gasteiger partial charge in [-0.15, -0.1) is 11.8 Å². The van der Waals surface area contributed by atoms with E-state index in [1.807, 2.05) is 0 Å². The quantitative estimate of drug-likeness (QED) is 0.263. The highest BCUT2D eigenvalue weighted by atomic mass is 32.2. The highest BCUT2D eigenvalue weighted by molar-refractivity contribution is 7.98. The van der Waals surface area contributed by atoms with E-state index in [4.69, 9.17) is 4.74 Å². The Hall–Kier alpha value is -3.80. The van der Waals surface area contributed by atoms with Crippen LogP contribution in [0, 0.1) is 0 Å². The molecule has 4 rings (SSSR count). The molecule has 200 valence electrons. The molecule has 1 aliphatic carbocycles. The smallest absolute Gasteiger partial charge is 0.416 e. The van der Waals surface area contributed by atoms with Crippen LogP contribution in [0.5, 0.6) is 0 Å². The van der Waals surface area contributed by atoms with Gasteiger partial charge in [0.25, 0.3) is 5.56 Å². The van der Waals surface area contributed by atoms with Crippen LogP contribution < -0.4 is 16.1 Å². The van der Waals surface area contributed by atoms with Crippen LogP contribution in [0.25, 0.3) is 5.69 Å². The van der Waals surface area contributed by atoms with E-state index in [1.165, 1.54) is 28.8 Å². The van der Waals surface area contributed by atoms with Gasteiger partial charge in [0.2, 0.25) is 6.41 Å². The average Bonchev–Trinajstić information content (AvgIpc) is 2.91. The van der Waals surface area contributed by atoms with Gasteiger partial charge in [-0.3, -0.25) is 18.7 Å². The summed E-state index contributed by atoms with van der Waals surface area (Å²) in [6.07, 6.45) is -0.434. The summed E-state index contributed by atoms with van der Waals surface area (Å²) in [6.45, 7) is 0. The number of carbonyl (C=O) groups is 2. The summed E-state index contributed by atoms with van der Waals surface area (Å²) < 4.78 is 47.9. The molecule has 0 saturated carbocycles. The minimum absolute atomic E-state index is 0.0310. The summed E-state index contributed by atoms with van der Waals surface area (Å²) in [5, 5.41) is 0. The summed E-state index contributed by atoms with van der Waals surface area (Å²) in [7, 11) is 2.65. The molecule has 0 aliphatic heterocycles. The zero-order chi connectivity index (χ0) is 27.8. The Labute approximate surface area is 219 Å². The number of carbonyl (C=O) groups excluding carboxylic acids is 2. The molecule has 1 heterocycles. The van der Waals surface area contributed by atoms with E-state index >= 15 is 0 Å². The molecule has 0 spiro atoms. The summed E-state index contributed by atoms with van der Waals surface area (Å²) in [4.78, 5) is 53.1. The van der Waals surface area contributed by atoms with Gasteiger partial charge in [0.1, 0.15) is 5.56 Å². The van der Waals surface area contributed by atoms with Crippen LogP contribution in [0.1, 0.15) is 45.9 Å². The summed E-state index contributed by atoms with van der Waals surface area (Å²) in [6, 6.07) is 7.47. The van der Waals surface area contributed by atoms with Crippen LogP contribution in [-0.4, -0.2) is 41.9 Å². The van der Waals surface area contributed by atoms with E-state index in [0.29, 0.717) is 29.1 Å². The normalized spacial score (nSPS) is 15.1. The number of hydrogen-bond donors (Lipinski definition) is 0. The first-order valence-electron chi connectivity index (χ1n) is 11.6. The number of thioether (sulfide) groups is 1. The van der Waals surface area contributed by atoms with E-state index in [2.05, 4.69) is 0 Å². The molecule has 1 amide bonds. The van der Waals surface area contributed by atoms with Crippen molar-refractivity contribution in [3.63, 3.8) is 0 Å². The van der Waals surface area contributed by atoms with E-state index in [-0.39, 0.29) is 24.0 Å². The summed E-state index contributed by atoms with van der Waals surface area (Å²) >= 11 is 1.32. The standard InChI is InChI=1S/C26H24F3N3O5S/c1-30(14-33)21-11-10-15(12-22(21)38-3)31-13-18(24(35)37-2)23(34)32(25(31)36)20-9-5-6-16-17(20)7-4-8-19(16)26(27,28)29/h4,7-8,10-14,20H,5-6,9H2,1-3H3. The first kappa shape index (κ1) is 27.2. The number of hydrogen-bond acceptors (Lipinski definition) is 6. The maximum atomic E-state index is 13.8. The maximum Gasteiger partial charge on any atom is 0.416 e. The third kappa shape index (κ3) is 4.75. The molecular weight excluding hydrogens is 523 g/mol. The molecule has 0 N–H and O–H groups in total. The largest absolute Gasteiger partial charge is 0.465 e. The Morgan fingerprint density at radius 2 is 1.95 bits per heavy atom. The van der Waals surface area contributed by atoms with E-state index in [9.17, 15) is 32.3 Å². The van der Waals surface area contributed by atoms with Gasteiger partial charge in [0.15, 0.2) is 0 Å². The Bertz CT molecular complexity index is 1530. The number of rotatable bonds is 6. The Balaban J connectivity index is 2.00. The Morgan fingerprint density at radius 3 is 2.58 bits per heavy atom. The fraction of sp³-hybridized carbons (Fsp3) is 0.308. The van der Waals surface area contributed by atoms with E-state index < -0.39 is 40.6 Å². The highest BCUT2D eigenvalue weighted by Gasteiger charge is 2.37. The molecule has 8 nitrogen and oxygen atoms in total. The van der Waals surface area contributed by atoms with Crippen molar-refractivity contribution in [2.24, 2.45) is 0 Å². The Morgan fingerprint density at radius 1 is 1.21 bits per heavy atom. The fourth-order valence-electron chi connectivity index (χ4n) is 4.80. The summed E-state index contributed by atoms with van der Waals surface area (Å²) in [5.74, 6) is -0.986. The zero-order valence-electron chi connectivity index (χ0n) is 20.7. The number of anilines is 1. The van der Waals surface area contributed by atoms with E-state index in [0.717, 1.165) is 28.5 Å². The third-order valence-corrected chi connectivity index (χ3v) is 7.36. The second kappa shape index (κ2) is 10.5. The zero-order valence-corrected chi connectivity index (χ0v) is 21.6. The van der Waals surface area contributed by atoms with Crippen LogP contribution in [0.4, 0.5) is 18.9 Å². The van der Waals surface area contributed by atoms with Crippen molar-refractivity contribution in [1.29, 1.82) is 0 Å². The molecule has 1 unspecified atom stereocenters. The van der Waals surface area contributed by atoms with Crippen molar-refractivity contribution in [3.8, 4) is 5.69 Å². The van der Waals surface area contributed by atoms with Crippen molar-refractivity contribution >= 4 is 29.8 Å². The van der Waals surface area contributed by atoms with Crippen LogP contribution in [-0.2, 0) is 22.1 Å². The molecule has 0 fully saturated rings. The lowest BCUT2D eigenvalue weighted by atomic mass is 9.84. The van der Waals surface area contributed by atoms with Crippen LogP contribution in [0.2, 0.25) is 0 Å². The van der Waals surface area contributed by atoms with Gasteiger partial charge >= 0.3 is 17.8 Å². The molecule has 1 aromatic heterocycles. The first-order chi connectivity index (χ1) is 18.0. The molecule has 0 radical (unpaired) electrons. The minimum Gasteiger partial charge on any atom is -0.465 e. The van der Waals surface area contributed by atoms with Crippen molar-refractivity contribution < 1.29 is 27.5 Å². The van der Waals surface area contributed by atoms with E-state index in [1.54, 1.807) is 31.5 Å². The van der Waals surface area contributed by atoms with Crippen molar-refractivity contribution in [2.75, 3.05) is 25.3 Å². The van der Waals surface area contributed by atoms with Crippen molar-refractivity contribution in [3.05, 3.63) is 85.7 Å². The topological polar surface area (TPSA) is 90.6 Å². The second-order valence-corrected chi connectivity index (χ2v) is 9.56. The number of aromatic nitrogens is 2. The molecule has 2 aromatic carbocycles. The maximum absolute atomic E-state index is 13.8. The molecule has 0 saturated heterocycles. The van der Waals surface area contributed by atoms with Gasteiger partial charge in [-0.05, 0) is 60.9 Å². The van der Waals surface area contributed by atoms with Gasteiger partial charge in [-0.25, -0.2) is 9.59 Å². The molecule has 1 atom stereocenters. The van der Waals surface area contributed by atoms with Gasteiger partial charge in [-0.1, -0.05) is 12.1 Å². The molecule has 12 heteroatoms. The number of fused-ring (bicyclic) bond motifs is 1. The average molecular weight is 548 g/mol. The van der Waals surface area contributed by atoms with Gasteiger partial charge in [0.05, 0.1) is 30.1 Å². The van der Waals surface area contributed by atoms with Gasteiger partial charge in [0, 0.05) is 18.1 Å². The fourth-order valence-corrected chi connectivity index (χ4v) is 5.46. The number of amides is 1. The first-order valence-corrected chi connectivity index (χ1v) is 12.8.